The minimum Gasteiger partial charge on any atom is -0.398 e. The molecule has 0 amide bonds. The second-order valence-corrected chi connectivity index (χ2v) is 5.97. The monoisotopic (exact) mass is 450 g/mol. The maximum Gasteiger partial charge on any atom is 0.0452 e. The topological polar surface area (TPSA) is 52.0 Å². The molecule has 0 spiro atoms. The van der Waals surface area contributed by atoms with Gasteiger partial charge in [0.2, 0.25) is 0 Å². The van der Waals surface area contributed by atoms with Crippen molar-refractivity contribution in [3.63, 3.8) is 0 Å². The number of nitrogens with two attached hydrogens (primary N) is 2. The van der Waals surface area contributed by atoms with Crippen molar-refractivity contribution in [3.05, 3.63) is 54.7 Å². The molecule has 2 rings (SSSR count). The Balaban J connectivity index is 2.38. The van der Waals surface area contributed by atoms with Gasteiger partial charge in [-0.1, -0.05) is 24.3 Å². The molecule has 0 atom stereocenters. The Labute approximate surface area is 128 Å². The highest BCUT2D eigenvalue weighted by Crippen LogP contribution is 2.26. The van der Waals surface area contributed by atoms with Crippen molar-refractivity contribution >= 4 is 56.6 Å². The van der Waals surface area contributed by atoms with Gasteiger partial charge in [-0.05, 0) is 74.9 Å². The van der Waals surface area contributed by atoms with Crippen molar-refractivity contribution in [3.8, 4) is 0 Å². The average molecular weight is 450 g/mol. The van der Waals surface area contributed by atoms with E-state index >= 15 is 0 Å². The van der Waals surface area contributed by atoms with Crippen LogP contribution in [0.1, 0.15) is 11.1 Å². The van der Waals surface area contributed by atoms with Crippen molar-refractivity contribution in [2.45, 2.75) is 6.42 Å². The van der Waals surface area contributed by atoms with Crippen LogP contribution in [0.15, 0.2) is 36.4 Å². The fraction of sp³-hybridized carbons (Fsp3) is 0.0769. The largest absolute Gasteiger partial charge is 0.398 e. The number of benzene rings is 2. The summed E-state index contributed by atoms with van der Waals surface area (Å²) in [6.45, 7) is 0. The Morgan fingerprint density at radius 3 is 1.59 bits per heavy atom. The van der Waals surface area contributed by atoms with Gasteiger partial charge in [0.05, 0.1) is 0 Å². The SMILES string of the molecule is Nc1cccc(Cc2cccc(N)c2I)c1I. The lowest BCUT2D eigenvalue weighted by molar-refractivity contribution is 1.17. The van der Waals surface area contributed by atoms with E-state index in [1.54, 1.807) is 0 Å². The van der Waals surface area contributed by atoms with Crippen molar-refractivity contribution in [2.24, 2.45) is 0 Å². The van der Waals surface area contributed by atoms with E-state index in [-0.39, 0.29) is 0 Å². The fourth-order valence-electron chi connectivity index (χ4n) is 1.68. The van der Waals surface area contributed by atoms with Crippen molar-refractivity contribution in [1.82, 2.24) is 0 Å². The highest BCUT2D eigenvalue weighted by Gasteiger charge is 2.07. The number of halogens is 2. The van der Waals surface area contributed by atoms with Gasteiger partial charge >= 0.3 is 0 Å². The maximum absolute atomic E-state index is 5.91. The molecule has 2 aromatic carbocycles. The third-order valence-electron chi connectivity index (χ3n) is 2.60. The van der Waals surface area contributed by atoms with Gasteiger partial charge in [0.15, 0.2) is 0 Å². The molecule has 88 valence electrons. The van der Waals surface area contributed by atoms with Gasteiger partial charge in [0.25, 0.3) is 0 Å². The molecule has 0 fully saturated rings. The van der Waals surface area contributed by atoms with Crippen molar-refractivity contribution in [1.29, 1.82) is 0 Å². The molecule has 4 N–H and O–H groups in total. The summed E-state index contributed by atoms with van der Waals surface area (Å²) >= 11 is 4.59. The van der Waals surface area contributed by atoms with Crippen LogP contribution in [0.3, 0.4) is 0 Å². The van der Waals surface area contributed by atoms with Crippen LogP contribution < -0.4 is 11.5 Å². The molecule has 0 heterocycles. The number of hydrogen-bond acceptors (Lipinski definition) is 2. The highest BCUT2D eigenvalue weighted by atomic mass is 127. The summed E-state index contributed by atoms with van der Waals surface area (Å²) in [6, 6.07) is 12.1. The van der Waals surface area contributed by atoms with E-state index in [2.05, 4.69) is 57.3 Å². The Bertz CT molecular complexity index is 504. The van der Waals surface area contributed by atoms with Gasteiger partial charge < -0.3 is 11.5 Å². The lowest BCUT2D eigenvalue weighted by Crippen LogP contribution is -2.00. The number of hydrogen-bond donors (Lipinski definition) is 2. The van der Waals surface area contributed by atoms with E-state index in [4.69, 9.17) is 11.5 Å². The molecule has 0 saturated heterocycles. The zero-order chi connectivity index (χ0) is 12.4. The Morgan fingerprint density at radius 1 is 0.765 bits per heavy atom. The first kappa shape index (κ1) is 12.9. The molecule has 0 unspecified atom stereocenters. The van der Waals surface area contributed by atoms with Crippen LogP contribution in [0.4, 0.5) is 11.4 Å². The van der Waals surface area contributed by atoms with Gasteiger partial charge in [0, 0.05) is 18.5 Å². The molecule has 4 heteroatoms. The van der Waals surface area contributed by atoms with Gasteiger partial charge in [-0.15, -0.1) is 0 Å². The zero-order valence-electron chi connectivity index (χ0n) is 9.08. The lowest BCUT2D eigenvalue weighted by Gasteiger charge is -2.10. The minimum atomic E-state index is 0.835. The molecule has 0 aliphatic rings. The van der Waals surface area contributed by atoms with Crippen LogP contribution in [0.25, 0.3) is 0 Å². The second-order valence-electron chi connectivity index (χ2n) is 3.82. The van der Waals surface area contributed by atoms with E-state index in [1.807, 2.05) is 24.3 Å². The van der Waals surface area contributed by atoms with E-state index in [9.17, 15) is 0 Å². The van der Waals surface area contributed by atoms with E-state index < -0.39 is 0 Å². The molecule has 0 bridgehead atoms. The number of nitrogen functional groups attached to an aromatic ring is 2. The molecule has 0 aliphatic carbocycles. The standard InChI is InChI=1S/C13H12I2N2/c14-12-8(3-1-5-10(12)16)7-9-4-2-6-11(17)13(9)15/h1-6H,7,16-17H2. The first-order valence-electron chi connectivity index (χ1n) is 5.15. The highest BCUT2D eigenvalue weighted by molar-refractivity contribution is 14.1. The molecule has 2 aromatic rings. The Morgan fingerprint density at radius 2 is 1.18 bits per heavy atom. The predicted molar refractivity (Wildman–Crippen MR) is 89.9 cm³/mol. The van der Waals surface area contributed by atoms with Gasteiger partial charge in [-0.25, -0.2) is 0 Å². The summed E-state index contributed by atoms with van der Waals surface area (Å²) in [5.41, 5.74) is 16.0. The lowest BCUT2D eigenvalue weighted by atomic mass is 10.0. The van der Waals surface area contributed by atoms with E-state index in [1.165, 1.54) is 11.1 Å². The predicted octanol–water partition coefficient (Wildman–Crippen LogP) is 3.65. The quantitative estimate of drug-likeness (QED) is 0.543. The van der Waals surface area contributed by atoms with Crippen LogP contribution >= 0.6 is 45.2 Å². The Kier molecular flexibility index (Phi) is 4.13. The van der Waals surface area contributed by atoms with Crippen LogP contribution in [-0.4, -0.2) is 0 Å². The molecule has 0 aliphatic heterocycles. The smallest absolute Gasteiger partial charge is 0.0452 e. The summed E-state index contributed by atoms with van der Waals surface area (Å²) in [4.78, 5) is 0. The fourth-order valence-corrected chi connectivity index (χ4v) is 2.78. The summed E-state index contributed by atoms with van der Waals surface area (Å²) in [5, 5.41) is 0. The first-order valence-corrected chi connectivity index (χ1v) is 7.31. The third kappa shape index (κ3) is 2.85. The molecule has 0 radical (unpaired) electrons. The van der Waals surface area contributed by atoms with Crippen molar-refractivity contribution in [2.75, 3.05) is 11.5 Å². The second kappa shape index (κ2) is 5.43. The summed E-state index contributed by atoms with van der Waals surface area (Å²) in [5.74, 6) is 0. The normalized spacial score (nSPS) is 10.5. The molecule has 0 aromatic heterocycles. The Hall–Kier alpha value is -0.500. The first-order chi connectivity index (χ1) is 8.09. The van der Waals surface area contributed by atoms with Gasteiger partial charge in [-0.3, -0.25) is 0 Å². The van der Waals surface area contributed by atoms with Crippen LogP contribution in [0.2, 0.25) is 0 Å². The number of rotatable bonds is 2. The molecule has 17 heavy (non-hydrogen) atoms. The summed E-state index contributed by atoms with van der Waals surface area (Å²) in [7, 11) is 0. The molecular formula is C13H12I2N2. The van der Waals surface area contributed by atoms with Crippen LogP contribution in [0, 0.1) is 7.14 Å². The molecule has 0 saturated carbocycles. The van der Waals surface area contributed by atoms with E-state index in [0.29, 0.717) is 0 Å². The van der Waals surface area contributed by atoms with E-state index in [0.717, 1.165) is 24.9 Å². The summed E-state index contributed by atoms with van der Waals surface area (Å²) in [6.07, 6.45) is 0.868. The third-order valence-corrected chi connectivity index (χ3v) is 5.23. The molecule has 2 nitrogen and oxygen atoms in total. The summed E-state index contributed by atoms with van der Waals surface area (Å²) < 4.78 is 2.26. The number of anilines is 2. The van der Waals surface area contributed by atoms with Crippen LogP contribution in [-0.2, 0) is 6.42 Å². The molecular weight excluding hydrogens is 438 g/mol. The van der Waals surface area contributed by atoms with Crippen molar-refractivity contribution < 1.29 is 0 Å². The van der Waals surface area contributed by atoms with Crippen LogP contribution in [0.5, 0.6) is 0 Å². The van der Waals surface area contributed by atoms with Gasteiger partial charge in [0.1, 0.15) is 0 Å². The maximum atomic E-state index is 5.91. The minimum absolute atomic E-state index is 0.835. The van der Waals surface area contributed by atoms with Gasteiger partial charge in [-0.2, -0.15) is 0 Å². The zero-order valence-corrected chi connectivity index (χ0v) is 13.4. The average Bonchev–Trinajstić information content (AvgIpc) is 2.31.